The second-order valence-corrected chi connectivity index (χ2v) is 4.88. The van der Waals surface area contributed by atoms with Crippen molar-refractivity contribution in [1.82, 2.24) is 5.32 Å². The first kappa shape index (κ1) is 16.3. The second-order valence-electron chi connectivity index (χ2n) is 4.44. The molecule has 0 atom stereocenters. The highest BCUT2D eigenvalue weighted by Crippen LogP contribution is 2.20. The molecule has 1 rings (SSSR count). The molecule has 5 nitrogen and oxygen atoms in total. The standard InChI is InChI=1S/C14H20ClN3O2/c1-2-7-17-12-6-5-10(15)9-11(12)14(20)18-8-3-4-13(16)19/h5-6,9,17H,2-4,7-8H2,1H3,(H2,16,19)(H,18,20). The molecule has 1 aromatic carbocycles. The molecule has 0 aliphatic heterocycles. The van der Waals surface area contributed by atoms with Crippen molar-refractivity contribution in [3.8, 4) is 0 Å². The van der Waals surface area contributed by atoms with Crippen molar-refractivity contribution in [2.45, 2.75) is 26.2 Å². The van der Waals surface area contributed by atoms with Gasteiger partial charge in [0.15, 0.2) is 0 Å². The third-order valence-electron chi connectivity index (χ3n) is 2.68. The van der Waals surface area contributed by atoms with E-state index in [0.29, 0.717) is 23.6 Å². The molecule has 0 unspecified atom stereocenters. The average molecular weight is 298 g/mol. The minimum absolute atomic E-state index is 0.212. The molecule has 20 heavy (non-hydrogen) atoms. The normalized spacial score (nSPS) is 10.1. The number of benzene rings is 1. The summed E-state index contributed by atoms with van der Waals surface area (Å²) in [5.74, 6) is -0.581. The van der Waals surface area contributed by atoms with Gasteiger partial charge in [-0.3, -0.25) is 9.59 Å². The van der Waals surface area contributed by atoms with E-state index in [0.717, 1.165) is 18.7 Å². The van der Waals surface area contributed by atoms with Crippen LogP contribution in [0.15, 0.2) is 18.2 Å². The number of rotatable bonds is 8. The fourth-order valence-electron chi connectivity index (χ4n) is 1.68. The van der Waals surface area contributed by atoms with Crippen LogP contribution in [0.4, 0.5) is 5.69 Å². The molecule has 0 bridgehead atoms. The molecular formula is C14H20ClN3O2. The van der Waals surface area contributed by atoms with Crippen LogP contribution in [-0.4, -0.2) is 24.9 Å². The molecule has 1 aromatic rings. The zero-order valence-corrected chi connectivity index (χ0v) is 12.3. The zero-order chi connectivity index (χ0) is 15.0. The summed E-state index contributed by atoms with van der Waals surface area (Å²) in [6.45, 7) is 3.23. The zero-order valence-electron chi connectivity index (χ0n) is 11.5. The minimum atomic E-state index is -0.368. The summed E-state index contributed by atoms with van der Waals surface area (Å²) in [5.41, 5.74) is 6.30. The van der Waals surface area contributed by atoms with E-state index in [1.165, 1.54) is 0 Å². The van der Waals surface area contributed by atoms with Gasteiger partial charge in [-0.05, 0) is 31.0 Å². The summed E-state index contributed by atoms with van der Waals surface area (Å²) in [4.78, 5) is 22.7. The smallest absolute Gasteiger partial charge is 0.253 e. The third-order valence-corrected chi connectivity index (χ3v) is 2.91. The summed E-state index contributed by atoms with van der Waals surface area (Å²) < 4.78 is 0. The highest BCUT2D eigenvalue weighted by molar-refractivity contribution is 6.31. The lowest BCUT2D eigenvalue weighted by molar-refractivity contribution is -0.118. The largest absolute Gasteiger partial charge is 0.384 e. The highest BCUT2D eigenvalue weighted by atomic mass is 35.5. The van der Waals surface area contributed by atoms with E-state index in [-0.39, 0.29) is 18.2 Å². The lowest BCUT2D eigenvalue weighted by Gasteiger charge is -2.12. The van der Waals surface area contributed by atoms with Gasteiger partial charge in [-0.1, -0.05) is 18.5 Å². The van der Waals surface area contributed by atoms with Gasteiger partial charge in [0.2, 0.25) is 5.91 Å². The van der Waals surface area contributed by atoms with Crippen LogP contribution in [0.25, 0.3) is 0 Å². The molecule has 0 spiro atoms. The Labute approximate surface area is 123 Å². The summed E-state index contributed by atoms with van der Waals surface area (Å²) >= 11 is 5.93. The first-order valence-electron chi connectivity index (χ1n) is 6.64. The van der Waals surface area contributed by atoms with Gasteiger partial charge in [0.1, 0.15) is 0 Å². The highest BCUT2D eigenvalue weighted by Gasteiger charge is 2.11. The first-order chi connectivity index (χ1) is 9.54. The maximum Gasteiger partial charge on any atom is 0.253 e. The van der Waals surface area contributed by atoms with Gasteiger partial charge in [-0.15, -0.1) is 0 Å². The van der Waals surface area contributed by atoms with Gasteiger partial charge in [0.05, 0.1) is 5.56 Å². The van der Waals surface area contributed by atoms with Crippen molar-refractivity contribution in [3.05, 3.63) is 28.8 Å². The maximum absolute atomic E-state index is 12.1. The molecule has 0 saturated heterocycles. The predicted molar refractivity (Wildman–Crippen MR) is 81.0 cm³/mol. The number of hydrogen-bond acceptors (Lipinski definition) is 3. The van der Waals surface area contributed by atoms with Crippen LogP contribution in [0.3, 0.4) is 0 Å². The molecule has 0 aliphatic rings. The third kappa shape index (κ3) is 5.48. The average Bonchev–Trinajstić information content (AvgIpc) is 2.41. The van der Waals surface area contributed by atoms with Crippen LogP contribution < -0.4 is 16.4 Å². The number of carbonyl (C=O) groups is 2. The van der Waals surface area contributed by atoms with Crippen LogP contribution in [-0.2, 0) is 4.79 Å². The molecule has 0 fully saturated rings. The van der Waals surface area contributed by atoms with E-state index in [1.54, 1.807) is 18.2 Å². The quantitative estimate of drug-likeness (QED) is 0.643. The monoisotopic (exact) mass is 297 g/mol. The van der Waals surface area contributed by atoms with Crippen molar-refractivity contribution >= 4 is 29.1 Å². The molecular weight excluding hydrogens is 278 g/mol. The van der Waals surface area contributed by atoms with Gasteiger partial charge in [-0.2, -0.15) is 0 Å². The van der Waals surface area contributed by atoms with Gasteiger partial charge < -0.3 is 16.4 Å². The van der Waals surface area contributed by atoms with Crippen molar-refractivity contribution in [2.24, 2.45) is 5.73 Å². The van der Waals surface area contributed by atoms with Gasteiger partial charge in [0, 0.05) is 30.2 Å². The van der Waals surface area contributed by atoms with Gasteiger partial charge in [0.25, 0.3) is 5.91 Å². The topological polar surface area (TPSA) is 84.2 Å². The Hall–Kier alpha value is -1.75. The second kappa shape index (κ2) is 8.43. The van der Waals surface area contributed by atoms with E-state index < -0.39 is 0 Å². The van der Waals surface area contributed by atoms with Gasteiger partial charge >= 0.3 is 0 Å². The Morgan fingerprint density at radius 3 is 2.70 bits per heavy atom. The number of nitrogens with one attached hydrogen (secondary N) is 2. The number of halogens is 1. The number of amides is 2. The Kier molecular flexibility index (Phi) is 6.87. The van der Waals surface area contributed by atoms with Gasteiger partial charge in [-0.25, -0.2) is 0 Å². The van der Waals surface area contributed by atoms with Crippen molar-refractivity contribution < 1.29 is 9.59 Å². The fourth-order valence-corrected chi connectivity index (χ4v) is 1.85. The number of hydrogen-bond donors (Lipinski definition) is 3. The Bertz CT molecular complexity index is 477. The minimum Gasteiger partial charge on any atom is -0.384 e. The first-order valence-corrected chi connectivity index (χ1v) is 7.02. The summed E-state index contributed by atoms with van der Waals surface area (Å²) in [5, 5.41) is 6.45. The summed E-state index contributed by atoms with van der Waals surface area (Å²) in [6.07, 6.45) is 1.75. The molecule has 0 aromatic heterocycles. The van der Waals surface area contributed by atoms with E-state index in [2.05, 4.69) is 10.6 Å². The number of nitrogens with two attached hydrogens (primary N) is 1. The Balaban J connectivity index is 2.65. The van der Waals surface area contributed by atoms with Crippen molar-refractivity contribution in [2.75, 3.05) is 18.4 Å². The van der Waals surface area contributed by atoms with Crippen LogP contribution in [0.2, 0.25) is 5.02 Å². The fraction of sp³-hybridized carbons (Fsp3) is 0.429. The number of anilines is 1. The molecule has 0 aliphatic carbocycles. The molecule has 0 saturated carbocycles. The summed E-state index contributed by atoms with van der Waals surface area (Å²) in [7, 11) is 0. The van der Waals surface area contributed by atoms with Crippen LogP contribution in [0, 0.1) is 0 Å². The van der Waals surface area contributed by atoms with Crippen LogP contribution >= 0.6 is 11.6 Å². The van der Waals surface area contributed by atoms with E-state index in [1.807, 2.05) is 6.92 Å². The SMILES string of the molecule is CCCNc1ccc(Cl)cc1C(=O)NCCCC(N)=O. The lowest BCUT2D eigenvalue weighted by atomic mass is 10.1. The molecule has 110 valence electrons. The Morgan fingerprint density at radius 1 is 1.30 bits per heavy atom. The predicted octanol–water partition coefficient (Wildman–Crippen LogP) is 2.16. The molecule has 0 heterocycles. The molecule has 0 radical (unpaired) electrons. The molecule has 4 N–H and O–H groups in total. The van der Waals surface area contributed by atoms with Crippen molar-refractivity contribution in [1.29, 1.82) is 0 Å². The summed E-state index contributed by atoms with van der Waals surface area (Å²) in [6, 6.07) is 5.16. The van der Waals surface area contributed by atoms with Crippen LogP contribution in [0.1, 0.15) is 36.5 Å². The Morgan fingerprint density at radius 2 is 2.05 bits per heavy atom. The number of carbonyl (C=O) groups excluding carboxylic acids is 2. The van der Waals surface area contributed by atoms with Crippen LogP contribution in [0.5, 0.6) is 0 Å². The molecule has 2 amide bonds. The van der Waals surface area contributed by atoms with E-state index in [9.17, 15) is 9.59 Å². The lowest BCUT2D eigenvalue weighted by Crippen LogP contribution is -2.26. The number of primary amides is 1. The van der Waals surface area contributed by atoms with E-state index in [4.69, 9.17) is 17.3 Å². The maximum atomic E-state index is 12.1. The molecule has 6 heteroatoms. The van der Waals surface area contributed by atoms with E-state index >= 15 is 0 Å². The van der Waals surface area contributed by atoms with Crippen molar-refractivity contribution in [3.63, 3.8) is 0 Å².